The van der Waals surface area contributed by atoms with Gasteiger partial charge in [-0.2, -0.15) is 0 Å². The van der Waals surface area contributed by atoms with Gasteiger partial charge in [0.1, 0.15) is 12.4 Å². The largest absolute Gasteiger partial charge is 0.492 e. The molecule has 2 amide bonds. The standard InChI is InChI=1S/C20H20N2O5/c23-18(24)9-10-21-19(25)13-5-7-16(8-6-13)22-20(26)15-11-14-3-1-2-4-17(14)27-12-15/h1-8,15H,9-12H2,(H,21,25)(H,22,26)(H,23,24). The van der Waals surface area contributed by atoms with Crippen LogP contribution in [0.25, 0.3) is 0 Å². The van der Waals surface area contributed by atoms with E-state index < -0.39 is 5.97 Å². The topological polar surface area (TPSA) is 105 Å². The van der Waals surface area contributed by atoms with Crippen molar-refractivity contribution in [1.82, 2.24) is 5.32 Å². The summed E-state index contributed by atoms with van der Waals surface area (Å²) in [5.41, 5.74) is 1.99. The Balaban J connectivity index is 1.54. The van der Waals surface area contributed by atoms with Crippen LogP contribution in [0, 0.1) is 5.92 Å². The molecule has 2 aromatic carbocycles. The molecule has 1 aliphatic rings. The van der Waals surface area contributed by atoms with Crippen molar-refractivity contribution in [3.05, 3.63) is 59.7 Å². The normalized spacial score (nSPS) is 15.2. The fourth-order valence-electron chi connectivity index (χ4n) is 2.83. The fourth-order valence-corrected chi connectivity index (χ4v) is 2.83. The highest BCUT2D eigenvalue weighted by molar-refractivity contribution is 5.96. The van der Waals surface area contributed by atoms with Crippen LogP contribution in [0.1, 0.15) is 22.3 Å². The van der Waals surface area contributed by atoms with Crippen molar-refractivity contribution in [3.8, 4) is 5.75 Å². The van der Waals surface area contributed by atoms with Gasteiger partial charge in [-0.25, -0.2) is 0 Å². The average Bonchev–Trinajstić information content (AvgIpc) is 2.67. The Kier molecular flexibility index (Phi) is 5.71. The average molecular weight is 368 g/mol. The lowest BCUT2D eigenvalue weighted by Crippen LogP contribution is -2.32. The Hall–Kier alpha value is -3.35. The van der Waals surface area contributed by atoms with E-state index in [0.29, 0.717) is 24.3 Å². The monoisotopic (exact) mass is 368 g/mol. The highest BCUT2D eigenvalue weighted by Gasteiger charge is 2.25. The summed E-state index contributed by atoms with van der Waals surface area (Å²) < 4.78 is 5.64. The number of amides is 2. The van der Waals surface area contributed by atoms with Crippen LogP contribution in [0.4, 0.5) is 5.69 Å². The maximum absolute atomic E-state index is 12.5. The second-order valence-electron chi connectivity index (χ2n) is 6.29. The summed E-state index contributed by atoms with van der Waals surface area (Å²) in [6, 6.07) is 14.1. The van der Waals surface area contributed by atoms with E-state index in [9.17, 15) is 14.4 Å². The first-order valence-corrected chi connectivity index (χ1v) is 8.64. The van der Waals surface area contributed by atoms with Crippen molar-refractivity contribution in [2.24, 2.45) is 5.92 Å². The quantitative estimate of drug-likeness (QED) is 0.724. The molecule has 0 spiro atoms. The van der Waals surface area contributed by atoms with Crippen LogP contribution in [0.15, 0.2) is 48.5 Å². The highest BCUT2D eigenvalue weighted by atomic mass is 16.5. The number of nitrogens with one attached hydrogen (secondary N) is 2. The number of benzene rings is 2. The highest BCUT2D eigenvalue weighted by Crippen LogP contribution is 2.27. The first kappa shape index (κ1) is 18.4. The maximum Gasteiger partial charge on any atom is 0.305 e. The minimum Gasteiger partial charge on any atom is -0.492 e. The first-order chi connectivity index (χ1) is 13.0. The number of anilines is 1. The zero-order valence-corrected chi connectivity index (χ0v) is 14.6. The van der Waals surface area contributed by atoms with E-state index in [-0.39, 0.29) is 30.7 Å². The van der Waals surface area contributed by atoms with Gasteiger partial charge in [0.25, 0.3) is 5.91 Å². The van der Waals surface area contributed by atoms with Crippen molar-refractivity contribution >= 4 is 23.5 Å². The molecule has 3 N–H and O–H groups in total. The van der Waals surface area contributed by atoms with E-state index in [1.807, 2.05) is 24.3 Å². The van der Waals surface area contributed by atoms with Crippen molar-refractivity contribution < 1.29 is 24.2 Å². The predicted molar refractivity (Wildman–Crippen MR) is 98.8 cm³/mol. The Morgan fingerprint density at radius 1 is 1.07 bits per heavy atom. The predicted octanol–water partition coefficient (Wildman–Crippen LogP) is 2.08. The number of aliphatic carboxylic acids is 1. The molecule has 0 saturated carbocycles. The van der Waals surface area contributed by atoms with Crippen molar-refractivity contribution in [3.63, 3.8) is 0 Å². The van der Waals surface area contributed by atoms with E-state index in [2.05, 4.69) is 10.6 Å². The summed E-state index contributed by atoms with van der Waals surface area (Å²) in [7, 11) is 0. The molecule has 1 heterocycles. The number of rotatable bonds is 6. The number of ether oxygens (including phenoxy) is 1. The third-order valence-electron chi connectivity index (χ3n) is 4.29. The Labute approximate surface area is 156 Å². The van der Waals surface area contributed by atoms with Gasteiger partial charge in [-0.15, -0.1) is 0 Å². The van der Waals surface area contributed by atoms with Crippen LogP contribution in [0.5, 0.6) is 5.75 Å². The number of carboxylic acids is 1. The summed E-state index contributed by atoms with van der Waals surface area (Å²) in [6.45, 7) is 0.392. The number of carbonyl (C=O) groups excluding carboxylic acids is 2. The second kappa shape index (κ2) is 8.35. The molecule has 1 atom stereocenters. The number of hydrogen-bond acceptors (Lipinski definition) is 4. The summed E-state index contributed by atoms with van der Waals surface area (Å²) in [6.07, 6.45) is 0.485. The zero-order chi connectivity index (χ0) is 19.2. The fraction of sp³-hybridized carbons (Fsp3) is 0.250. The summed E-state index contributed by atoms with van der Waals surface area (Å²) in [4.78, 5) is 34.9. The molecular weight excluding hydrogens is 348 g/mol. The first-order valence-electron chi connectivity index (χ1n) is 8.64. The molecule has 1 unspecified atom stereocenters. The maximum atomic E-state index is 12.5. The minimum atomic E-state index is -0.970. The van der Waals surface area contributed by atoms with E-state index in [0.717, 1.165) is 11.3 Å². The summed E-state index contributed by atoms with van der Waals surface area (Å²) >= 11 is 0. The molecule has 7 nitrogen and oxygen atoms in total. The van der Waals surface area contributed by atoms with Gasteiger partial charge in [0.15, 0.2) is 0 Å². The summed E-state index contributed by atoms with van der Waals surface area (Å²) in [5.74, 6) is -0.920. The number of carbonyl (C=O) groups is 3. The van der Waals surface area contributed by atoms with E-state index in [4.69, 9.17) is 9.84 Å². The molecule has 0 aliphatic carbocycles. The molecule has 0 bridgehead atoms. The van der Waals surface area contributed by atoms with Gasteiger partial charge in [0.05, 0.1) is 12.3 Å². The lowest BCUT2D eigenvalue weighted by molar-refractivity contribution is -0.136. The van der Waals surface area contributed by atoms with Gasteiger partial charge in [-0.1, -0.05) is 18.2 Å². The molecule has 0 fully saturated rings. The van der Waals surface area contributed by atoms with Crippen LogP contribution in [-0.4, -0.2) is 36.0 Å². The van der Waals surface area contributed by atoms with Crippen LogP contribution in [0.3, 0.4) is 0 Å². The Morgan fingerprint density at radius 3 is 2.56 bits per heavy atom. The van der Waals surface area contributed by atoms with E-state index in [1.54, 1.807) is 24.3 Å². The van der Waals surface area contributed by atoms with Gasteiger partial charge in [0, 0.05) is 17.8 Å². The van der Waals surface area contributed by atoms with Crippen LogP contribution in [-0.2, 0) is 16.0 Å². The molecular formula is C20H20N2O5. The molecule has 3 rings (SSSR count). The van der Waals surface area contributed by atoms with E-state index in [1.165, 1.54) is 0 Å². The van der Waals surface area contributed by atoms with Crippen LogP contribution >= 0.6 is 0 Å². The van der Waals surface area contributed by atoms with Gasteiger partial charge in [-0.05, 0) is 42.3 Å². The number of hydrogen-bond donors (Lipinski definition) is 3. The number of para-hydroxylation sites is 1. The molecule has 2 aromatic rings. The summed E-state index contributed by atoms with van der Waals surface area (Å²) in [5, 5.41) is 13.9. The van der Waals surface area contributed by atoms with Gasteiger partial charge < -0.3 is 20.5 Å². The van der Waals surface area contributed by atoms with Crippen molar-refractivity contribution in [1.29, 1.82) is 0 Å². The van der Waals surface area contributed by atoms with Gasteiger partial charge >= 0.3 is 5.97 Å². The van der Waals surface area contributed by atoms with Gasteiger partial charge in [0.2, 0.25) is 5.91 Å². The van der Waals surface area contributed by atoms with E-state index >= 15 is 0 Å². The number of carboxylic acid groups (broad SMARTS) is 1. The van der Waals surface area contributed by atoms with Crippen molar-refractivity contribution in [2.75, 3.05) is 18.5 Å². The van der Waals surface area contributed by atoms with Gasteiger partial charge in [-0.3, -0.25) is 14.4 Å². The lowest BCUT2D eigenvalue weighted by atomic mass is 9.96. The minimum absolute atomic E-state index is 0.0653. The molecule has 0 saturated heterocycles. The third-order valence-corrected chi connectivity index (χ3v) is 4.29. The number of fused-ring (bicyclic) bond motifs is 1. The molecule has 0 aromatic heterocycles. The molecule has 0 radical (unpaired) electrons. The third kappa shape index (κ3) is 4.84. The molecule has 7 heteroatoms. The molecule has 27 heavy (non-hydrogen) atoms. The SMILES string of the molecule is O=C(O)CCNC(=O)c1ccc(NC(=O)C2COc3ccccc3C2)cc1. The van der Waals surface area contributed by atoms with Crippen LogP contribution < -0.4 is 15.4 Å². The second-order valence-corrected chi connectivity index (χ2v) is 6.29. The Morgan fingerprint density at radius 2 is 1.81 bits per heavy atom. The smallest absolute Gasteiger partial charge is 0.305 e. The lowest BCUT2D eigenvalue weighted by Gasteiger charge is -2.24. The molecule has 140 valence electrons. The Bertz CT molecular complexity index is 848. The van der Waals surface area contributed by atoms with Crippen LogP contribution in [0.2, 0.25) is 0 Å². The van der Waals surface area contributed by atoms with Crippen molar-refractivity contribution in [2.45, 2.75) is 12.8 Å². The zero-order valence-electron chi connectivity index (χ0n) is 14.6. The molecule has 1 aliphatic heterocycles.